The molecule has 1 N–H and O–H groups in total. The largest absolute Gasteiger partial charge is 0.385 e. The topological polar surface area (TPSA) is 35.4 Å². The number of halogens is 1. The lowest BCUT2D eigenvalue weighted by Crippen LogP contribution is -2.18. The number of benzene rings is 1. The van der Waals surface area contributed by atoms with E-state index in [1.165, 1.54) is 16.5 Å². The predicted octanol–water partition coefficient (Wildman–Crippen LogP) is 3.07. The van der Waals surface area contributed by atoms with E-state index in [9.17, 15) is 0 Å². The first-order chi connectivity index (χ1) is 10.3. The lowest BCUT2D eigenvalue weighted by molar-refractivity contribution is 0.190. The minimum atomic E-state index is 0.721. The highest BCUT2D eigenvalue weighted by molar-refractivity contribution is 6.31. The van der Waals surface area contributed by atoms with Gasteiger partial charge in [-0.1, -0.05) is 17.7 Å². The summed E-state index contributed by atoms with van der Waals surface area (Å²) >= 11 is 6.14. The molecule has 0 fully saturated rings. The molecule has 0 atom stereocenters. The minimum Gasteiger partial charge on any atom is -0.385 e. The molecule has 0 aliphatic heterocycles. The molecule has 1 heterocycles. The third-order valence-electron chi connectivity index (χ3n) is 3.47. The number of rotatable bonds is 9. The van der Waals surface area contributed by atoms with Gasteiger partial charge in [-0.15, -0.1) is 0 Å². The first-order valence-corrected chi connectivity index (χ1v) is 7.60. The maximum absolute atomic E-state index is 6.14. The number of hydrogen-bond donors (Lipinski definition) is 1. The quantitative estimate of drug-likeness (QED) is 0.723. The highest BCUT2D eigenvalue weighted by atomic mass is 35.5. The first-order valence-electron chi connectivity index (χ1n) is 7.22. The van der Waals surface area contributed by atoms with Crippen molar-refractivity contribution < 1.29 is 9.47 Å². The lowest BCUT2D eigenvalue weighted by atomic mass is 10.2. The van der Waals surface area contributed by atoms with Crippen LogP contribution in [0.25, 0.3) is 10.9 Å². The van der Waals surface area contributed by atoms with Crippen molar-refractivity contribution >= 4 is 22.5 Å². The molecule has 2 rings (SSSR count). The predicted molar refractivity (Wildman–Crippen MR) is 87.0 cm³/mol. The Hall–Kier alpha value is -1.07. The fourth-order valence-electron chi connectivity index (χ4n) is 2.44. The van der Waals surface area contributed by atoms with Crippen LogP contribution in [0.15, 0.2) is 24.4 Å². The molecule has 4 nitrogen and oxygen atoms in total. The van der Waals surface area contributed by atoms with E-state index in [1.807, 2.05) is 12.1 Å². The Kier molecular flexibility index (Phi) is 6.51. The molecule has 0 spiro atoms. The van der Waals surface area contributed by atoms with Gasteiger partial charge in [0.1, 0.15) is 0 Å². The van der Waals surface area contributed by atoms with E-state index in [1.54, 1.807) is 14.2 Å². The summed E-state index contributed by atoms with van der Waals surface area (Å²) < 4.78 is 12.4. The van der Waals surface area contributed by atoms with Gasteiger partial charge in [0.05, 0.1) is 6.61 Å². The molecule has 0 aliphatic carbocycles. The van der Waals surface area contributed by atoms with Gasteiger partial charge >= 0.3 is 0 Å². The summed E-state index contributed by atoms with van der Waals surface area (Å²) in [7, 11) is 3.45. The fraction of sp³-hybridized carbons (Fsp3) is 0.500. The van der Waals surface area contributed by atoms with Crippen LogP contribution in [0.2, 0.25) is 5.02 Å². The molecule has 0 radical (unpaired) electrons. The van der Waals surface area contributed by atoms with E-state index < -0.39 is 0 Å². The van der Waals surface area contributed by atoms with Crippen molar-refractivity contribution in [3.8, 4) is 0 Å². The average Bonchev–Trinajstić information content (AvgIpc) is 2.81. The molecule has 21 heavy (non-hydrogen) atoms. The average molecular weight is 311 g/mol. The van der Waals surface area contributed by atoms with E-state index in [2.05, 4.69) is 22.1 Å². The summed E-state index contributed by atoms with van der Waals surface area (Å²) in [5.41, 5.74) is 2.47. The standard InChI is InChI=1S/C16H23ClN2O2/c1-20-8-3-7-19-12-13(11-18-6-9-21-2)15-5-4-14(17)10-16(15)19/h4-5,10,12,18H,3,6-9,11H2,1-2H3. The molecule has 0 saturated carbocycles. The molecule has 0 aliphatic rings. The third kappa shape index (κ3) is 4.45. The molecule has 2 aromatic rings. The lowest BCUT2D eigenvalue weighted by Gasteiger charge is -2.04. The van der Waals surface area contributed by atoms with Crippen LogP contribution >= 0.6 is 11.6 Å². The molecule has 0 amide bonds. The Labute approximate surface area is 131 Å². The molecule has 116 valence electrons. The molecule has 0 unspecified atom stereocenters. The summed E-state index contributed by atoms with van der Waals surface area (Å²) in [6.07, 6.45) is 3.19. The van der Waals surface area contributed by atoms with Gasteiger partial charge in [0, 0.05) is 62.6 Å². The smallest absolute Gasteiger partial charge is 0.0587 e. The van der Waals surface area contributed by atoms with E-state index in [0.29, 0.717) is 0 Å². The Balaban J connectivity index is 2.16. The fourth-order valence-corrected chi connectivity index (χ4v) is 2.61. The molecular formula is C16H23ClN2O2. The zero-order valence-electron chi connectivity index (χ0n) is 12.7. The number of methoxy groups -OCH3 is 2. The molecule has 0 saturated heterocycles. The van der Waals surface area contributed by atoms with Gasteiger partial charge in [0.25, 0.3) is 0 Å². The van der Waals surface area contributed by atoms with E-state index >= 15 is 0 Å². The summed E-state index contributed by atoms with van der Waals surface area (Å²) in [6.45, 7) is 4.10. The van der Waals surface area contributed by atoms with E-state index in [-0.39, 0.29) is 0 Å². The maximum atomic E-state index is 6.14. The number of fused-ring (bicyclic) bond motifs is 1. The number of nitrogens with zero attached hydrogens (tertiary/aromatic N) is 1. The highest BCUT2D eigenvalue weighted by Gasteiger charge is 2.08. The molecule has 0 bridgehead atoms. The Morgan fingerprint density at radius 3 is 2.76 bits per heavy atom. The van der Waals surface area contributed by atoms with Crippen LogP contribution in [-0.4, -0.2) is 38.5 Å². The first kappa shape index (κ1) is 16.3. The molecule has 1 aromatic carbocycles. The van der Waals surface area contributed by atoms with E-state index in [0.717, 1.165) is 44.3 Å². The monoisotopic (exact) mass is 310 g/mol. The van der Waals surface area contributed by atoms with Gasteiger partial charge in [0.2, 0.25) is 0 Å². The number of ether oxygens (including phenoxy) is 2. The van der Waals surface area contributed by atoms with Crippen LogP contribution in [-0.2, 0) is 22.6 Å². The number of aryl methyl sites for hydroxylation is 1. The van der Waals surface area contributed by atoms with Gasteiger partial charge in [-0.2, -0.15) is 0 Å². The molecule has 5 heteroatoms. The second kappa shape index (κ2) is 8.39. The van der Waals surface area contributed by atoms with Crippen molar-refractivity contribution in [1.82, 2.24) is 9.88 Å². The molecular weight excluding hydrogens is 288 g/mol. The van der Waals surface area contributed by atoms with Crippen molar-refractivity contribution in [2.75, 3.05) is 34.0 Å². The van der Waals surface area contributed by atoms with Crippen LogP contribution in [0, 0.1) is 0 Å². The van der Waals surface area contributed by atoms with E-state index in [4.69, 9.17) is 21.1 Å². The van der Waals surface area contributed by atoms with Crippen LogP contribution in [0.4, 0.5) is 0 Å². The van der Waals surface area contributed by atoms with Crippen LogP contribution in [0.5, 0.6) is 0 Å². The SMILES string of the molecule is COCCCn1cc(CNCCOC)c2ccc(Cl)cc21. The zero-order valence-corrected chi connectivity index (χ0v) is 13.4. The second-order valence-electron chi connectivity index (χ2n) is 5.03. The van der Waals surface area contributed by atoms with Crippen molar-refractivity contribution in [3.05, 3.63) is 35.0 Å². The van der Waals surface area contributed by atoms with Crippen molar-refractivity contribution in [1.29, 1.82) is 0 Å². The van der Waals surface area contributed by atoms with Gasteiger partial charge in [-0.05, 0) is 24.1 Å². The summed E-state index contributed by atoms with van der Waals surface area (Å²) in [4.78, 5) is 0. The van der Waals surface area contributed by atoms with Crippen molar-refractivity contribution in [3.63, 3.8) is 0 Å². The normalized spacial score (nSPS) is 11.4. The zero-order chi connectivity index (χ0) is 15.1. The van der Waals surface area contributed by atoms with Crippen LogP contribution in [0.1, 0.15) is 12.0 Å². The van der Waals surface area contributed by atoms with Gasteiger partial charge in [0.15, 0.2) is 0 Å². The van der Waals surface area contributed by atoms with Gasteiger partial charge in [-0.3, -0.25) is 0 Å². The Bertz CT molecular complexity index is 569. The Morgan fingerprint density at radius 1 is 1.19 bits per heavy atom. The summed E-state index contributed by atoms with van der Waals surface area (Å²) in [6, 6.07) is 6.07. The third-order valence-corrected chi connectivity index (χ3v) is 3.71. The van der Waals surface area contributed by atoms with Crippen LogP contribution < -0.4 is 5.32 Å². The van der Waals surface area contributed by atoms with Crippen LogP contribution in [0.3, 0.4) is 0 Å². The number of nitrogens with one attached hydrogen (secondary N) is 1. The second-order valence-corrected chi connectivity index (χ2v) is 5.46. The number of hydrogen-bond acceptors (Lipinski definition) is 3. The van der Waals surface area contributed by atoms with Gasteiger partial charge < -0.3 is 19.4 Å². The minimum absolute atomic E-state index is 0.721. The molecule has 1 aromatic heterocycles. The maximum Gasteiger partial charge on any atom is 0.0587 e. The number of aromatic nitrogens is 1. The van der Waals surface area contributed by atoms with Crippen molar-refractivity contribution in [2.24, 2.45) is 0 Å². The van der Waals surface area contributed by atoms with Crippen molar-refractivity contribution in [2.45, 2.75) is 19.5 Å². The Morgan fingerprint density at radius 2 is 2.00 bits per heavy atom. The summed E-state index contributed by atoms with van der Waals surface area (Å²) in [5.74, 6) is 0. The highest BCUT2D eigenvalue weighted by Crippen LogP contribution is 2.25. The summed E-state index contributed by atoms with van der Waals surface area (Å²) in [5, 5.41) is 5.42. The van der Waals surface area contributed by atoms with Gasteiger partial charge in [-0.25, -0.2) is 0 Å².